The number of anilines is 1. The number of fused-ring (bicyclic) bond motifs is 2. The lowest BCUT2D eigenvalue weighted by Gasteiger charge is -2.31. The molecule has 0 saturated heterocycles. The van der Waals surface area contributed by atoms with Gasteiger partial charge in [0, 0.05) is 18.4 Å². The quantitative estimate of drug-likeness (QED) is 0.748. The van der Waals surface area contributed by atoms with Crippen LogP contribution < -0.4 is 4.90 Å². The van der Waals surface area contributed by atoms with Gasteiger partial charge in [0.05, 0.1) is 11.9 Å². The minimum Gasteiger partial charge on any atom is -0.459 e. The molecule has 6 nitrogen and oxygen atoms in total. The van der Waals surface area contributed by atoms with E-state index in [1.807, 2.05) is 6.07 Å². The van der Waals surface area contributed by atoms with Gasteiger partial charge in [-0.2, -0.15) is 0 Å². The third kappa shape index (κ3) is 2.71. The number of rotatable bonds is 4. The molecule has 0 aliphatic carbocycles. The Hall–Kier alpha value is -2.89. The van der Waals surface area contributed by atoms with Gasteiger partial charge in [0.2, 0.25) is 0 Å². The Kier molecular flexibility index (Phi) is 3.86. The van der Waals surface area contributed by atoms with Crippen LogP contribution in [0, 0.1) is 0 Å². The fourth-order valence-electron chi connectivity index (χ4n) is 3.20. The molecule has 0 amide bonds. The number of H-pyrrole nitrogens is 1. The zero-order valence-corrected chi connectivity index (χ0v) is 13.2. The van der Waals surface area contributed by atoms with E-state index < -0.39 is 5.97 Å². The second-order valence-corrected chi connectivity index (χ2v) is 5.82. The summed E-state index contributed by atoms with van der Waals surface area (Å²) >= 11 is 0. The molecule has 1 aliphatic rings. The molecule has 0 spiro atoms. The van der Waals surface area contributed by atoms with Gasteiger partial charge in [-0.15, -0.1) is 0 Å². The maximum atomic E-state index is 12.3. The Balaban J connectivity index is 1.41. The molecule has 0 fully saturated rings. The highest BCUT2D eigenvalue weighted by Gasteiger charge is 2.18. The average Bonchev–Trinajstić information content (AvgIpc) is 3.10. The number of hydrogen-bond acceptors (Lipinski definition) is 5. The number of aromatic nitrogens is 3. The highest BCUT2D eigenvalue weighted by Crippen LogP contribution is 2.26. The van der Waals surface area contributed by atoms with E-state index in [4.69, 9.17) is 4.74 Å². The van der Waals surface area contributed by atoms with E-state index in [0.717, 1.165) is 19.4 Å². The van der Waals surface area contributed by atoms with Crippen LogP contribution in [0.2, 0.25) is 0 Å². The van der Waals surface area contributed by atoms with E-state index in [-0.39, 0.29) is 0 Å². The van der Waals surface area contributed by atoms with Gasteiger partial charge in [0.25, 0.3) is 0 Å². The van der Waals surface area contributed by atoms with Crippen molar-refractivity contribution in [3.8, 4) is 0 Å². The molecule has 24 heavy (non-hydrogen) atoms. The minimum atomic E-state index is -0.410. The molecule has 0 saturated carbocycles. The Morgan fingerprint density at radius 1 is 1.25 bits per heavy atom. The lowest BCUT2D eigenvalue weighted by atomic mass is 10.0. The fourth-order valence-corrected chi connectivity index (χ4v) is 3.20. The van der Waals surface area contributed by atoms with E-state index in [1.165, 1.54) is 17.6 Å². The smallest absolute Gasteiger partial charge is 0.357 e. The van der Waals surface area contributed by atoms with Gasteiger partial charge in [-0.1, -0.05) is 18.2 Å². The van der Waals surface area contributed by atoms with Crippen LogP contribution in [-0.2, 0) is 11.2 Å². The van der Waals surface area contributed by atoms with Crippen LogP contribution >= 0.6 is 0 Å². The summed E-state index contributed by atoms with van der Waals surface area (Å²) in [5.74, 6) is -0.410. The average molecular weight is 322 g/mol. The number of ether oxygens (including phenoxy) is 1. The van der Waals surface area contributed by atoms with Gasteiger partial charge in [-0.25, -0.2) is 14.8 Å². The minimum absolute atomic E-state index is 0.306. The number of aryl methyl sites for hydroxylation is 1. The summed E-state index contributed by atoms with van der Waals surface area (Å²) in [6.07, 6.45) is 5.34. The van der Waals surface area contributed by atoms with Crippen molar-refractivity contribution in [3.63, 3.8) is 0 Å². The van der Waals surface area contributed by atoms with Crippen molar-refractivity contribution in [1.29, 1.82) is 0 Å². The van der Waals surface area contributed by atoms with Crippen molar-refractivity contribution < 1.29 is 9.53 Å². The molecule has 0 unspecified atom stereocenters. The highest BCUT2D eigenvalue weighted by molar-refractivity contribution is 6.00. The number of hydrogen-bond donors (Lipinski definition) is 1. The summed E-state index contributed by atoms with van der Waals surface area (Å²) in [6.45, 7) is 2.01. The lowest BCUT2D eigenvalue weighted by Crippen LogP contribution is -2.33. The predicted molar refractivity (Wildman–Crippen MR) is 91.1 cm³/mol. The summed E-state index contributed by atoms with van der Waals surface area (Å²) in [5.41, 5.74) is 3.55. The number of benzene rings is 1. The first kappa shape index (κ1) is 14.7. The summed E-state index contributed by atoms with van der Waals surface area (Å²) in [7, 11) is 0. The molecule has 0 atom stereocenters. The molecule has 0 radical (unpaired) electrons. The Bertz CT molecular complexity index is 874. The Morgan fingerprint density at radius 2 is 2.17 bits per heavy atom. The normalized spacial score (nSPS) is 13.8. The first-order valence-electron chi connectivity index (χ1n) is 8.11. The number of para-hydroxylation sites is 1. The van der Waals surface area contributed by atoms with Crippen LogP contribution in [-0.4, -0.2) is 40.6 Å². The molecule has 122 valence electrons. The molecule has 0 bridgehead atoms. The van der Waals surface area contributed by atoms with E-state index in [1.54, 1.807) is 12.3 Å². The number of carbonyl (C=O) groups is 1. The molecule has 3 aromatic rings. The van der Waals surface area contributed by atoms with Crippen LogP contribution in [0.25, 0.3) is 11.0 Å². The van der Waals surface area contributed by atoms with Crippen molar-refractivity contribution in [2.24, 2.45) is 0 Å². The number of aromatic amines is 1. The van der Waals surface area contributed by atoms with Crippen LogP contribution in [0.15, 0.2) is 42.9 Å². The topological polar surface area (TPSA) is 71.1 Å². The van der Waals surface area contributed by atoms with E-state index in [0.29, 0.717) is 29.9 Å². The maximum Gasteiger partial charge on any atom is 0.357 e. The fraction of sp³-hybridized carbons (Fsp3) is 0.278. The van der Waals surface area contributed by atoms with Crippen molar-refractivity contribution >= 4 is 22.7 Å². The van der Waals surface area contributed by atoms with Crippen molar-refractivity contribution in [3.05, 3.63) is 54.1 Å². The molecule has 1 aliphatic heterocycles. The molecular formula is C18H18N4O2. The lowest BCUT2D eigenvalue weighted by molar-refractivity contribution is 0.0510. The van der Waals surface area contributed by atoms with Crippen molar-refractivity contribution in [1.82, 2.24) is 15.0 Å². The van der Waals surface area contributed by atoms with Gasteiger partial charge in [0.1, 0.15) is 18.6 Å². The molecule has 2 aromatic heterocycles. The van der Waals surface area contributed by atoms with Crippen LogP contribution in [0.5, 0.6) is 0 Å². The number of esters is 1. The van der Waals surface area contributed by atoms with Crippen molar-refractivity contribution in [2.75, 3.05) is 24.6 Å². The highest BCUT2D eigenvalue weighted by atomic mass is 16.5. The second-order valence-electron chi connectivity index (χ2n) is 5.82. The van der Waals surface area contributed by atoms with Gasteiger partial charge in [0.15, 0.2) is 5.69 Å². The number of carbonyl (C=O) groups excluding carboxylic acids is 1. The zero-order chi connectivity index (χ0) is 16.4. The zero-order valence-electron chi connectivity index (χ0n) is 13.2. The standard InChI is InChI=1S/C18H18N4O2/c23-18(16-14-7-8-19-17(14)21-12-20-16)24-11-10-22-9-3-5-13-4-1-2-6-15(13)22/h1-2,4,6-8,12H,3,5,9-11H2,(H,19,20,21). The molecule has 4 rings (SSSR count). The maximum absolute atomic E-state index is 12.3. The summed E-state index contributed by atoms with van der Waals surface area (Å²) in [5, 5.41) is 0.686. The predicted octanol–water partition coefficient (Wildman–Crippen LogP) is 2.57. The SMILES string of the molecule is O=C(OCCN1CCCc2ccccc21)c1ncnc2[nH]ccc12. The van der Waals surface area contributed by atoms with Gasteiger partial charge >= 0.3 is 5.97 Å². The van der Waals surface area contributed by atoms with Crippen molar-refractivity contribution in [2.45, 2.75) is 12.8 Å². The third-order valence-corrected chi connectivity index (χ3v) is 4.35. The van der Waals surface area contributed by atoms with Gasteiger partial charge < -0.3 is 14.6 Å². The molecular weight excluding hydrogens is 304 g/mol. The summed E-state index contributed by atoms with van der Waals surface area (Å²) < 4.78 is 5.44. The van der Waals surface area contributed by atoms with E-state index in [2.05, 4.69) is 38.1 Å². The number of nitrogens with zero attached hydrogens (tertiary/aromatic N) is 3. The summed E-state index contributed by atoms with van der Waals surface area (Å²) in [6, 6.07) is 10.2. The Labute approximate surface area is 139 Å². The second kappa shape index (κ2) is 6.31. The van der Waals surface area contributed by atoms with Crippen LogP contribution in [0.1, 0.15) is 22.5 Å². The van der Waals surface area contributed by atoms with Crippen LogP contribution in [0.3, 0.4) is 0 Å². The molecule has 1 N–H and O–H groups in total. The number of nitrogens with one attached hydrogen (secondary N) is 1. The van der Waals surface area contributed by atoms with E-state index in [9.17, 15) is 4.79 Å². The van der Waals surface area contributed by atoms with Gasteiger partial charge in [-0.3, -0.25) is 0 Å². The molecule has 3 heterocycles. The monoisotopic (exact) mass is 322 g/mol. The largest absolute Gasteiger partial charge is 0.459 e. The third-order valence-electron chi connectivity index (χ3n) is 4.35. The van der Waals surface area contributed by atoms with E-state index >= 15 is 0 Å². The molecule has 1 aromatic carbocycles. The first-order valence-corrected chi connectivity index (χ1v) is 8.11. The van der Waals surface area contributed by atoms with Gasteiger partial charge in [-0.05, 0) is 30.5 Å². The summed E-state index contributed by atoms with van der Waals surface area (Å²) in [4.78, 5) is 25.7. The molecule has 6 heteroatoms. The first-order chi connectivity index (χ1) is 11.8. The Morgan fingerprint density at radius 3 is 3.12 bits per heavy atom. The van der Waals surface area contributed by atoms with Crippen LogP contribution in [0.4, 0.5) is 5.69 Å².